The minimum Gasteiger partial charge on any atom is -0.508 e. The number of nitrogens with one attached hydrogen (secondary N) is 1. The number of carbonyl (C=O) groups is 1. The van der Waals surface area contributed by atoms with E-state index in [0.29, 0.717) is 52.5 Å². The number of likely N-dealkylation sites (N-methyl/N-ethyl adjacent to an activating group) is 1. The number of phenolic OH excluding ortho intramolecular Hbond substituents is 1. The van der Waals surface area contributed by atoms with Gasteiger partial charge in [-0.2, -0.15) is 0 Å². The average molecular weight is 714 g/mol. The van der Waals surface area contributed by atoms with Gasteiger partial charge in [0.2, 0.25) is 17.6 Å². The Bertz CT molecular complexity index is 2050. The lowest BCUT2D eigenvalue weighted by Gasteiger charge is -2.46. The van der Waals surface area contributed by atoms with Crippen LogP contribution in [0.1, 0.15) is 39.8 Å². The number of aliphatic hydroxyl groups is 3. The molecule has 4 heterocycles. The van der Waals surface area contributed by atoms with Crippen LogP contribution in [0.4, 0.5) is 0 Å². The van der Waals surface area contributed by atoms with Crippen molar-refractivity contribution in [2.75, 3.05) is 27.8 Å². The Morgan fingerprint density at radius 3 is 2.50 bits per heavy atom. The molecule has 0 aromatic heterocycles. The molecule has 0 radical (unpaired) electrons. The van der Waals surface area contributed by atoms with Gasteiger partial charge in [-0.3, -0.25) is 0 Å². The highest BCUT2D eigenvalue weighted by molar-refractivity contribution is 5.80. The fourth-order valence-electron chi connectivity index (χ4n) is 8.13. The maximum Gasteiger partial charge on any atom is 0.340 e. The molecule has 1 saturated heterocycles. The zero-order valence-corrected chi connectivity index (χ0v) is 28.6. The van der Waals surface area contributed by atoms with E-state index in [1.54, 1.807) is 38.5 Å². The maximum absolute atomic E-state index is 12.5. The van der Waals surface area contributed by atoms with Crippen LogP contribution in [0, 0.1) is 0 Å². The van der Waals surface area contributed by atoms with Gasteiger partial charge in [-0.25, -0.2) is 4.79 Å². The predicted molar refractivity (Wildman–Crippen MR) is 184 cm³/mol. The van der Waals surface area contributed by atoms with Crippen LogP contribution < -0.4 is 29.0 Å². The molecule has 4 aliphatic heterocycles. The fourth-order valence-corrected chi connectivity index (χ4v) is 8.13. The van der Waals surface area contributed by atoms with Crippen molar-refractivity contribution in [1.29, 1.82) is 0 Å². The van der Waals surface area contributed by atoms with E-state index in [4.69, 9.17) is 28.4 Å². The molecule has 0 amide bonds. The summed E-state index contributed by atoms with van der Waals surface area (Å²) in [5.74, 6) is 0.180. The summed E-state index contributed by atoms with van der Waals surface area (Å²) in [6.07, 6.45) is -7.39. The molecule has 13 heteroatoms. The first-order valence-electron chi connectivity index (χ1n) is 17.0. The topological polar surface area (TPSA) is 186 Å². The molecule has 4 aromatic rings. The van der Waals surface area contributed by atoms with Crippen LogP contribution in [0.2, 0.25) is 0 Å². The van der Waals surface area contributed by atoms with Crippen molar-refractivity contribution in [2.24, 2.45) is 0 Å². The van der Waals surface area contributed by atoms with Gasteiger partial charge in [0.05, 0.1) is 20.1 Å². The lowest BCUT2D eigenvalue weighted by Crippen LogP contribution is -2.71. The molecule has 0 saturated carbocycles. The van der Waals surface area contributed by atoms with E-state index >= 15 is 0 Å². The summed E-state index contributed by atoms with van der Waals surface area (Å²) < 4.78 is 37.2. The monoisotopic (exact) mass is 713 g/mol. The number of rotatable bonds is 7. The molecule has 0 spiro atoms. The van der Waals surface area contributed by atoms with Gasteiger partial charge in [0, 0.05) is 30.2 Å². The van der Waals surface area contributed by atoms with Crippen molar-refractivity contribution < 1.29 is 58.7 Å². The smallest absolute Gasteiger partial charge is 0.340 e. The number of benzene rings is 4. The maximum atomic E-state index is 12.5. The Hall–Kier alpha value is -5.05. The molecule has 8 atom stereocenters. The molecule has 13 nitrogen and oxygen atoms in total. The van der Waals surface area contributed by atoms with E-state index in [1.807, 2.05) is 24.3 Å². The van der Waals surface area contributed by atoms with Gasteiger partial charge in [0.15, 0.2) is 11.5 Å². The highest BCUT2D eigenvalue weighted by Gasteiger charge is 2.59. The molecule has 0 unspecified atom stereocenters. The van der Waals surface area contributed by atoms with E-state index in [2.05, 4.69) is 23.5 Å². The first-order valence-corrected chi connectivity index (χ1v) is 17.0. The number of aliphatic carboxylic acids is 1. The summed E-state index contributed by atoms with van der Waals surface area (Å²) in [6, 6.07) is 20.5. The van der Waals surface area contributed by atoms with Gasteiger partial charge in [-0.1, -0.05) is 36.4 Å². The molecule has 1 fully saturated rings. The third-order valence-corrected chi connectivity index (χ3v) is 10.6. The SMILES string of the molecule is CNC[C@]1(C(=O)O)O[C@@H](Oc2cc3c4c(c2)-c2cc(O)ccc2Cc2cccc(c2)C[C@@H](O3)[C@H]2c3ccc(OC)c(OC)c3O[C@@H]42)[C@H](O)[C@@H](O)[C@@H]1O. The molecule has 6 N–H and O–H groups in total. The third kappa shape index (κ3) is 5.30. The fraction of sp³-hybridized carbons (Fsp3) is 0.359. The van der Waals surface area contributed by atoms with Gasteiger partial charge < -0.3 is 59.3 Å². The number of carboxylic acid groups (broad SMARTS) is 1. The highest BCUT2D eigenvalue weighted by Crippen LogP contribution is 2.60. The number of fused-ring (bicyclic) bond motifs is 1. The second kappa shape index (κ2) is 12.9. The van der Waals surface area contributed by atoms with Crippen LogP contribution in [0.5, 0.6) is 34.5 Å². The second-order valence-electron chi connectivity index (χ2n) is 13.6. The number of phenols is 1. The molecule has 1 aliphatic carbocycles. The van der Waals surface area contributed by atoms with Crippen LogP contribution in [0.3, 0.4) is 0 Å². The Balaban J connectivity index is 1.33. The lowest BCUT2D eigenvalue weighted by atomic mass is 9.78. The molecule has 6 bridgehead atoms. The number of carboxylic acids is 1. The Labute approximate surface area is 298 Å². The summed E-state index contributed by atoms with van der Waals surface area (Å²) in [5.41, 5.74) is 3.47. The van der Waals surface area contributed by atoms with Crippen molar-refractivity contribution in [2.45, 2.75) is 61.2 Å². The average Bonchev–Trinajstić information content (AvgIpc) is 3.52. The van der Waals surface area contributed by atoms with E-state index < -0.39 is 54.9 Å². The first-order chi connectivity index (χ1) is 25.1. The summed E-state index contributed by atoms with van der Waals surface area (Å²) in [7, 11) is 4.59. The summed E-state index contributed by atoms with van der Waals surface area (Å²) in [4.78, 5) is 12.5. The Morgan fingerprint density at radius 1 is 0.942 bits per heavy atom. The molecule has 9 rings (SSSR count). The van der Waals surface area contributed by atoms with Crippen molar-refractivity contribution in [1.82, 2.24) is 5.32 Å². The van der Waals surface area contributed by atoms with Crippen LogP contribution in [0.25, 0.3) is 11.1 Å². The van der Waals surface area contributed by atoms with E-state index in [9.17, 15) is 30.3 Å². The molecular formula is C39H39NO12. The van der Waals surface area contributed by atoms with Crippen molar-refractivity contribution in [3.8, 4) is 45.6 Å². The molecule has 5 aliphatic rings. The van der Waals surface area contributed by atoms with Gasteiger partial charge in [0.25, 0.3) is 0 Å². The molecule has 52 heavy (non-hydrogen) atoms. The number of methoxy groups -OCH3 is 2. The lowest BCUT2D eigenvalue weighted by molar-refractivity contribution is -0.305. The summed E-state index contributed by atoms with van der Waals surface area (Å²) in [5, 5.41) is 56.3. The quantitative estimate of drug-likeness (QED) is 0.164. The van der Waals surface area contributed by atoms with Crippen LogP contribution >= 0.6 is 0 Å². The Kier molecular flexibility index (Phi) is 8.43. The number of aromatic hydroxyl groups is 1. The third-order valence-electron chi connectivity index (χ3n) is 10.6. The van der Waals surface area contributed by atoms with Crippen LogP contribution in [-0.4, -0.2) is 95.6 Å². The molecular weight excluding hydrogens is 674 g/mol. The largest absolute Gasteiger partial charge is 0.508 e. The minimum atomic E-state index is -2.34. The summed E-state index contributed by atoms with van der Waals surface area (Å²) >= 11 is 0. The van der Waals surface area contributed by atoms with Gasteiger partial charge >= 0.3 is 5.97 Å². The number of hydrogen-bond acceptors (Lipinski definition) is 12. The van der Waals surface area contributed by atoms with E-state index in [-0.39, 0.29) is 17.4 Å². The number of hydrogen-bond donors (Lipinski definition) is 6. The van der Waals surface area contributed by atoms with E-state index in [0.717, 1.165) is 22.3 Å². The standard InChI is InChI=1S/C39H39NO12/c1-40-17-39(38(45)46)36(44)31(42)32(43)37(52-39)49-22-15-25-24-14-21(41)8-7-20(24)12-18-5-4-6-19(11-18)13-27-29-23-9-10-26(47-2)34(48-3)33(23)51-35(29)30(25)28(16-22)50-27/h4-11,14-16,27,29,31-32,35-37,40-44H,12-13,17H2,1-3H3,(H,45,46)/t27-,29-,31-,32-,35-,36+,37-,39+/m1/s1. The minimum absolute atomic E-state index is 0.0225. The zero-order valence-electron chi connectivity index (χ0n) is 28.6. The second-order valence-corrected chi connectivity index (χ2v) is 13.6. The van der Waals surface area contributed by atoms with Crippen molar-refractivity contribution in [3.05, 3.63) is 94.5 Å². The van der Waals surface area contributed by atoms with Crippen LogP contribution in [-0.2, 0) is 22.4 Å². The molecule has 4 aromatic carbocycles. The zero-order chi connectivity index (χ0) is 36.5. The van der Waals surface area contributed by atoms with Gasteiger partial charge in [-0.15, -0.1) is 0 Å². The number of aliphatic hydroxyl groups excluding tert-OH is 3. The predicted octanol–water partition coefficient (Wildman–Crippen LogP) is 3.06. The van der Waals surface area contributed by atoms with Gasteiger partial charge in [-0.05, 0) is 65.6 Å². The number of ether oxygens (including phenoxy) is 6. The van der Waals surface area contributed by atoms with Crippen LogP contribution in [0.15, 0.2) is 66.7 Å². The molecule has 272 valence electrons. The van der Waals surface area contributed by atoms with Crippen molar-refractivity contribution in [3.63, 3.8) is 0 Å². The van der Waals surface area contributed by atoms with Crippen molar-refractivity contribution >= 4 is 5.97 Å². The normalized spacial score (nSPS) is 28.2. The highest BCUT2D eigenvalue weighted by atomic mass is 16.7. The summed E-state index contributed by atoms with van der Waals surface area (Å²) in [6.45, 7) is -0.393. The van der Waals surface area contributed by atoms with Gasteiger partial charge in [0.1, 0.15) is 47.8 Å². The first kappa shape index (κ1) is 34.1. The Morgan fingerprint density at radius 2 is 1.75 bits per heavy atom. The van der Waals surface area contributed by atoms with E-state index in [1.165, 1.54) is 7.05 Å².